The van der Waals surface area contributed by atoms with Gasteiger partial charge in [-0.2, -0.15) is 0 Å². The average Bonchev–Trinajstić information content (AvgIpc) is 2.54. The average molecular weight is 356 g/mol. The van der Waals surface area contributed by atoms with Crippen LogP contribution in [0.15, 0.2) is 29.2 Å². The molecule has 0 amide bonds. The van der Waals surface area contributed by atoms with E-state index in [2.05, 4.69) is 10.6 Å². The van der Waals surface area contributed by atoms with Crippen molar-refractivity contribution in [3.8, 4) is 0 Å². The molecule has 0 bridgehead atoms. The second kappa shape index (κ2) is 8.08. The van der Waals surface area contributed by atoms with Crippen molar-refractivity contribution in [3.63, 3.8) is 0 Å². The molecule has 0 aromatic heterocycles. The highest BCUT2D eigenvalue weighted by atomic mass is 32.2. The summed E-state index contributed by atoms with van der Waals surface area (Å²) in [5, 5.41) is 6.85. The first-order chi connectivity index (χ1) is 10.9. The Morgan fingerprint density at radius 2 is 1.96 bits per heavy atom. The fraction of sp³-hybridized carbons (Fsp3) is 0.562. The van der Waals surface area contributed by atoms with Crippen LogP contribution in [0.4, 0.5) is 5.69 Å². The molecule has 0 aliphatic heterocycles. The van der Waals surface area contributed by atoms with Gasteiger partial charge in [-0.3, -0.25) is 0 Å². The van der Waals surface area contributed by atoms with Gasteiger partial charge in [-0.05, 0) is 49.2 Å². The first-order valence-electron chi connectivity index (χ1n) is 7.97. The van der Waals surface area contributed by atoms with Gasteiger partial charge >= 0.3 is 0 Å². The van der Waals surface area contributed by atoms with Crippen LogP contribution in [-0.4, -0.2) is 38.5 Å². The number of rotatable bonds is 5. The maximum absolute atomic E-state index is 12.2. The number of nitrogens with one attached hydrogen (secondary N) is 2. The third-order valence-electron chi connectivity index (χ3n) is 4.15. The van der Waals surface area contributed by atoms with E-state index in [9.17, 15) is 8.42 Å². The van der Waals surface area contributed by atoms with E-state index in [1.165, 1.54) is 50.5 Å². The van der Waals surface area contributed by atoms with E-state index < -0.39 is 10.0 Å². The highest BCUT2D eigenvalue weighted by molar-refractivity contribution is 7.89. The molecule has 0 radical (unpaired) electrons. The summed E-state index contributed by atoms with van der Waals surface area (Å²) in [6, 6.07) is 6.70. The summed E-state index contributed by atoms with van der Waals surface area (Å²) < 4.78 is 25.5. The van der Waals surface area contributed by atoms with Crippen molar-refractivity contribution in [2.24, 2.45) is 5.92 Å². The summed E-state index contributed by atoms with van der Waals surface area (Å²) in [5.74, 6) is 0.684. The van der Waals surface area contributed by atoms with E-state index in [0.717, 1.165) is 6.54 Å². The minimum Gasteiger partial charge on any atom is -0.362 e. The molecule has 0 atom stereocenters. The number of sulfonamides is 1. The molecule has 5 nitrogen and oxygen atoms in total. The van der Waals surface area contributed by atoms with Gasteiger partial charge < -0.3 is 10.6 Å². The lowest BCUT2D eigenvalue weighted by molar-refractivity contribution is 0.357. The van der Waals surface area contributed by atoms with Crippen LogP contribution in [0, 0.1) is 5.92 Å². The molecule has 128 valence electrons. The molecule has 2 rings (SSSR count). The van der Waals surface area contributed by atoms with Crippen LogP contribution < -0.4 is 10.6 Å². The standard InChI is InChI=1S/C16H25N3O2S2/c1-19(2)23(20,21)15-10-6-9-14(11-15)18-16(22)17-12-13-7-4-3-5-8-13/h6,9-11,13H,3-5,7-8,12H2,1-2H3,(H2,17,18,22). The van der Waals surface area contributed by atoms with Crippen molar-refractivity contribution in [2.75, 3.05) is 26.0 Å². The minimum absolute atomic E-state index is 0.252. The molecule has 1 aromatic carbocycles. The van der Waals surface area contributed by atoms with Gasteiger partial charge in [-0.15, -0.1) is 0 Å². The van der Waals surface area contributed by atoms with E-state index in [4.69, 9.17) is 12.2 Å². The molecule has 0 heterocycles. The first-order valence-corrected chi connectivity index (χ1v) is 9.82. The molecule has 1 aliphatic carbocycles. The van der Waals surface area contributed by atoms with Crippen LogP contribution in [0.1, 0.15) is 32.1 Å². The molecule has 7 heteroatoms. The molecule has 1 aliphatic rings. The Bertz CT molecular complexity index is 638. The number of nitrogens with zero attached hydrogens (tertiary/aromatic N) is 1. The molecule has 1 aromatic rings. The Hall–Kier alpha value is -1.18. The van der Waals surface area contributed by atoms with Gasteiger partial charge in [0.1, 0.15) is 0 Å². The summed E-state index contributed by atoms with van der Waals surface area (Å²) in [5.41, 5.74) is 0.675. The largest absolute Gasteiger partial charge is 0.362 e. The van der Waals surface area contributed by atoms with Crippen molar-refractivity contribution in [1.29, 1.82) is 0 Å². The van der Waals surface area contributed by atoms with E-state index in [-0.39, 0.29) is 4.90 Å². The Morgan fingerprint density at radius 3 is 2.61 bits per heavy atom. The molecule has 0 spiro atoms. The van der Waals surface area contributed by atoms with E-state index in [0.29, 0.717) is 16.7 Å². The Kier molecular flexibility index (Phi) is 6.38. The second-order valence-corrected chi connectivity index (χ2v) is 8.71. The van der Waals surface area contributed by atoms with E-state index in [1.807, 2.05) is 6.07 Å². The second-order valence-electron chi connectivity index (χ2n) is 6.15. The fourth-order valence-corrected chi connectivity index (χ4v) is 3.90. The van der Waals surface area contributed by atoms with Gasteiger partial charge in [-0.25, -0.2) is 12.7 Å². The van der Waals surface area contributed by atoms with Gasteiger partial charge in [0.15, 0.2) is 5.11 Å². The van der Waals surface area contributed by atoms with Crippen LogP contribution in [0.3, 0.4) is 0 Å². The molecule has 1 fully saturated rings. The lowest BCUT2D eigenvalue weighted by atomic mass is 9.89. The summed E-state index contributed by atoms with van der Waals surface area (Å²) in [7, 11) is -0.396. The quantitative estimate of drug-likeness (QED) is 0.795. The van der Waals surface area contributed by atoms with Crippen LogP contribution in [0.5, 0.6) is 0 Å². The predicted molar refractivity (Wildman–Crippen MR) is 98.1 cm³/mol. The lowest BCUT2D eigenvalue weighted by Gasteiger charge is -2.22. The van der Waals surface area contributed by atoms with E-state index >= 15 is 0 Å². The highest BCUT2D eigenvalue weighted by Gasteiger charge is 2.17. The van der Waals surface area contributed by atoms with Crippen LogP contribution in [0.2, 0.25) is 0 Å². The SMILES string of the molecule is CN(C)S(=O)(=O)c1cccc(NC(=S)NCC2CCCCC2)c1. The summed E-state index contributed by atoms with van der Waals surface area (Å²) in [6.07, 6.45) is 6.46. The fourth-order valence-electron chi connectivity index (χ4n) is 2.75. The Morgan fingerprint density at radius 1 is 1.26 bits per heavy atom. The van der Waals surface area contributed by atoms with Gasteiger partial charge in [0.25, 0.3) is 0 Å². The summed E-state index contributed by atoms with van der Waals surface area (Å²) in [4.78, 5) is 0.252. The normalized spacial score (nSPS) is 16.3. The predicted octanol–water partition coefficient (Wildman–Crippen LogP) is 2.80. The van der Waals surface area contributed by atoms with Crippen molar-refractivity contribution >= 4 is 33.0 Å². The van der Waals surface area contributed by atoms with Gasteiger partial charge in [-0.1, -0.05) is 25.3 Å². The zero-order chi connectivity index (χ0) is 16.9. The molecule has 0 saturated heterocycles. The number of hydrogen-bond donors (Lipinski definition) is 2. The monoisotopic (exact) mass is 355 g/mol. The van der Waals surface area contributed by atoms with Crippen molar-refractivity contribution in [3.05, 3.63) is 24.3 Å². The molecule has 0 unspecified atom stereocenters. The van der Waals surface area contributed by atoms with Crippen molar-refractivity contribution in [2.45, 2.75) is 37.0 Å². The Balaban J connectivity index is 1.93. The maximum Gasteiger partial charge on any atom is 0.242 e. The number of benzene rings is 1. The summed E-state index contributed by atoms with van der Waals surface area (Å²) >= 11 is 5.31. The summed E-state index contributed by atoms with van der Waals surface area (Å²) in [6.45, 7) is 0.877. The zero-order valence-electron chi connectivity index (χ0n) is 13.7. The van der Waals surface area contributed by atoms with Gasteiger partial charge in [0, 0.05) is 26.3 Å². The third-order valence-corrected chi connectivity index (χ3v) is 6.20. The molecule has 1 saturated carbocycles. The molecular weight excluding hydrogens is 330 g/mol. The third kappa shape index (κ3) is 5.16. The Labute approximate surface area is 144 Å². The maximum atomic E-state index is 12.2. The smallest absolute Gasteiger partial charge is 0.242 e. The van der Waals surface area contributed by atoms with Crippen LogP contribution >= 0.6 is 12.2 Å². The minimum atomic E-state index is -3.43. The zero-order valence-corrected chi connectivity index (χ0v) is 15.3. The topological polar surface area (TPSA) is 61.4 Å². The number of hydrogen-bond acceptors (Lipinski definition) is 3. The molecule has 2 N–H and O–H groups in total. The van der Waals surface area contributed by atoms with Crippen LogP contribution in [0.25, 0.3) is 0 Å². The highest BCUT2D eigenvalue weighted by Crippen LogP contribution is 2.23. The van der Waals surface area contributed by atoms with Crippen LogP contribution in [-0.2, 0) is 10.0 Å². The van der Waals surface area contributed by atoms with Crippen molar-refractivity contribution in [1.82, 2.24) is 9.62 Å². The number of anilines is 1. The van der Waals surface area contributed by atoms with Crippen molar-refractivity contribution < 1.29 is 8.42 Å². The number of thiocarbonyl (C=S) groups is 1. The van der Waals surface area contributed by atoms with Gasteiger partial charge in [0.05, 0.1) is 4.90 Å². The van der Waals surface area contributed by atoms with Gasteiger partial charge in [0.2, 0.25) is 10.0 Å². The molecule has 23 heavy (non-hydrogen) atoms. The lowest BCUT2D eigenvalue weighted by Crippen LogP contribution is -2.33. The molecular formula is C16H25N3O2S2. The van der Waals surface area contributed by atoms with E-state index in [1.54, 1.807) is 18.2 Å². The first kappa shape index (κ1) is 18.2.